The van der Waals surface area contributed by atoms with Gasteiger partial charge >= 0.3 is 0 Å². The number of aliphatic hydroxyl groups is 1. The lowest BCUT2D eigenvalue weighted by Crippen LogP contribution is -2.55. The second kappa shape index (κ2) is 12.0. The van der Waals surface area contributed by atoms with Gasteiger partial charge in [-0.05, 0) is 124 Å². The van der Waals surface area contributed by atoms with E-state index in [1.807, 2.05) is 0 Å². The molecule has 1 amide bonds. The van der Waals surface area contributed by atoms with Crippen LogP contribution in [0.5, 0.6) is 0 Å². The van der Waals surface area contributed by atoms with Crippen LogP contribution < -0.4 is 5.32 Å². The van der Waals surface area contributed by atoms with Crippen LogP contribution in [0.15, 0.2) is 0 Å². The van der Waals surface area contributed by atoms with Crippen LogP contribution in [0.3, 0.4) is 0 Å². The van der Waals surface area contributed by atoms with Crippen molar-refractivity contribution in [2.24, 2.45) is 52.3 Å². The maximum absolute atomic E-state index is 12.9. The Labute approximate surface area is 250 Å². The van der Waals surface area contributed by atoms with Crippen LogP contribution in [0.2, 0.25) is 0 Å². The summed E-state index contributed by atoms with van der Waals surface area (Å²) in [6, 6.07) is 0.379. The monoisotopic (exact) mass is 571 g/mol. The van der Waals surface area contributed by atoms with Crippen molar-refractivity contribution in [1.29, 1.82) is 0 Å². The first-order valence-electron chi connectivity index (χ1n) is 17.6. The van der Waals surface area contributed by atoms with Gasteiger partial charge in [-0.3, -0.25) is 4.79 Å². The minimum absolute atomic E-state index is 0.274. The zero-order valence-corrected chi connectivity index (χ0v) is 27.0. The van der Waals surface area contributed by atoms with E-state index in [1.54, 1.807) is 0 Å². The van der Waals surface area contributed by atoms with E-state index < -0.39 is 0 Å². The molecule has 6 rings (SSSR count). The Morgan fingerprint density at radius 2 is 1.78 bits per heavy atom. The first-order chi connectivity index (χ1) is 19.6. The predicted octanol–water partition coefficient (Wildman–Crippen LogP) is 5.19. The molecule has 4 saturated carbocycles. The van der Waals surface area contributed by atoms with Crippen molar-refractivity contribution in [1.82, 2.24) is 15.1 Å². The molecule has 0 spiro atoms. The molecule has 2 heterocycles. The zero-order valence-electron chi connectivity index (χ0n) is 27.0. The minimum Gasteiger partial charge on any atom is -0.396 e. The maximum Gasteiger partial charge on any atom is 0.221 e. The summed E-state index contributed by atoms with van der Waals surface area (Å²) in [5, 5.41) is 13.0. The maximum atomic E-state index is 12.9. The molecule has 4 unspecified atom stereocenters. The van der Waals surface area contributed by atoms with Crippen molar-refractivity contribution >= 4 is 5.91 Å². The average Bonchev–Trinajstić information content (AvgIpc) is 3.44. The molecule has 6 aliphatic rings. The lowest BCUT2D eigenvalue weighted by Gasteiger charge is -2.61. The number of hydrogen-bond donors (Lipinski definition) is 2. The van der Waals surface area contributed by atoms with Gasteiger partial charge in [-0.1, -0.05) is 27.7 Å². The Kier molecular flexibility index (Phi) is 8.89. The zero-order chi connectivity index (χ0) is 28.9. The molecule has 12 atom stereocenters. The summed E-state index contributed by atoms with van der Waals surface area (Å²) < 4.78 is 6.85. The van der Waals surface area contributed by atoms with Gasteiger partial charge in [0.1, 0.15) is 0 Å². The van der Waals surface area contributed by atoms with Gasteiger partial charge in [0.2, 0.25) is 5.91 Å². The number of piperazine rings is 1. The van der Waals surface area contributed by atoms with Crippen LogP contribution in [0.1, 0.15) is 98.3 Å². The van der Waals surface area contributed by atoms with Crippen LogP contribution >= 0.6 is 0 Å². The first kappa shape index (κ1) is 30.3. The summed E-state index contributed by atoms with van der Waals surface area (Å²) >= 11 is 0. The van der Waals surface area contributed by atoms with Gasteiger partial charge in [0.05, 0.1) is 12.2 Å². The summed E-state index contributed by atoms with van der Waals surface area (Å²) in [6.07, 6.45) is 14.1. The second-order valence-electron chi connectivity index (χ2n) is 16.3. The molecule has 0 aromatic carbocycles. The van der Waals surface area contributed by atoms with Gasteiger partial charge in [0.25, 0.3) is 0 Å². The first-order valence-corrected chi connectivity index (χ1v) is 17.6. The summed E-state index contributed by atoms with van der Waals surface area (Å²) in [4.78, 5) is 17.7. The summed E-state index contributed by atoms with van der Waals surface area (Å²) in [6.45, 7) is 15.6. The van der Waals surface area contributed by atoms with Crippen LogP contribution in [0, 0.1) is 52.3 Å². The van der Waals surface area contributed by atoms with E-state index in [2.05, 4.69) is 49.9 Å². The van der Waals surface area contributed by atoms with E-state index >= 15 is 0 Å². The van der Waals surface area contributed by atoms with Gasteiger partial charge in [-0.15, -0.1) is 0 Å². The van der Waals surface area contributed by atoms with Crippen molar-refractivity contribution < 1.29 is 14.6 Å². The fraction of sp³-hybridized carbons (Fsp3) is 0.971. The SMILES string of the molecule is CC1[C@H]2C(CC3[C@@H]4CC[C@@H]5C[C@H](NC(=O)CCN6CCN(C)CC6)CC[C@]5(C)C4CC[C@@]32C)O[C@@H]1CC[C@H](C)CO. The number of likely N-dealkylation sites (N-methyl/N-ethyl adjacent to an activating group) is 1. The number of fused-ring (bicyclic) bond motifs is 7. The van der Waals surface area contributed by atoms with Crippen LogP contribution in [0.4, 0.5) is 0 Å². The fourth-order valence-corrected chi connectivity index (χ4v) is 11.6. The minimum atomic E-state index is 0.274. The second-order valence-corrected chi connectivity index (χ2v) is 16.3. The molecule has 2 saturated heterocycles. The molecule has 234 valence electrons. The van der Waals surface area contributed by atoms with Crippen LogP contribution in [0.25, 0.3) is 0 Å². The highest BCUT2D eigenvalue weighted by atomic mass is 16.5. The molecule has 0 radical (unpaired) electrons. The third kappa shape index (κ3) is 5.66. The average molecular weight is 572 g/mol. The molecule has 0 aromatic heterocycles. The molecule has 6 nitrogen and oxygen atoms in total. The van der Waals surface area contributed by atoms with Crippen LogP contribution in [-0.2, 0) is 9.53 Å². The predicted molar refractivity (Wildman–Crippen MR) is 164 cm³/mol. The summed E-state index contributed by atoms with van der Waals surface area (Å²) in [5.41, 5.74) is 0.874. The van der Waals surface area contributed by atoms with E-state index in [9.17, 15) is 9.90 Å². The molecule has 0 bridgehead atoms. The normalized spacial score (nSPS) is 47.2. The van der Waals surface area contributed by atoms with E-state index in [1.165, 1.54) is 44.9 Å². The number of amides is 1. The third-order valence-corrected chi connectivity index (χ3v) is 14.1. The van der Waals surface area contributed by atoms with Crippen molar-refractivity contribution in [3.05, 3.63) is 0 Å². The summed E-state index contributed by atoms with van der Waals surface area (Å²) in [7, 11) is 2.19. The molecule has 2 aliphatic heterocycles. The Morgan fingerprint density at radius 3 is 2.54 bits per heavy atom. The molecular formula is C35H61N3O3. The number of carbonyl (C=O) groups is 1. The molecule has 4 aliphatic carbocycles. The standard InChI is InChI=1S/C35H61N3O3/c1-23(22-39)6-9-30-24(2)33-31(41-30)21-29-27-8-7-25-20-26(10-13-34(25,3)28(27)11-14-35(29,33)4)36-32(40)12-15-38-18-16-37(5)17-19-38/h23-31,33,39H,6-22H2,1-5H3,(H,36,40)/t23-,24?,25+,26+,27+,28?,29?,30+,31?,33-,34-,35-/m0/s1. The van der Waals surface area contributed by atoms with Gasteiger partial charge in [0, 0.05) is 51.8 Å². The highest BCUT2D eigenvalue weighted by Crippen LogP contribution is 2.70. The van der Waals surface area contributed by atoms with Crippen LogP contribution in [-0.4, -0.2) is 85.4 Å². The third-order valence-electron chi connectivity index (χ3n) is 14.1. The highest BCUT2D eigenvalue weighted by Gasteiger charge is 2.65. The Balaban J connectivity index is 1.03. The largest absolute Gasteiger partial charge is 0.396 e. The number of nitrogens with one attached hydrogen (secondary N) is 1. The van der Waals surface area contributed by atoms with Gasteiger partial charge in [-0.25, -0.2) is 0 Å². The Bertz CT molecular complexity index is 922. The molecular weight excluding hydrogens is 510 g/mol. The highest BCUT2D eigenvalue weighted by molar-refractivity contribution is 5.76. The number of nitrogens with zero attached hydrogens (tertiary/aromatic N) is 2. The molecule has 6 fully saturated rings. The lowest BCUT2D eigenvalue weighted by atomic mass is 9.44. The lowest BCUT2D eigenvalue weighted by molar-refractivity contribution is -0.128. The number of carbonyl (C=O) groups excluding carboxylic acids is 1. The molecule has 0 aromatic rings. The fourth-order valence-electron chi connectivity index (χ4n) is 11.6. The molecule has 2 N–H and O–H groups in total. The van der Waals surface area contributed by atoms with E-state index in [0.717, 1.165) is 75.7 Å². The number of hydrogen-bond acceptors (Lipinski definition) is 5. The van der Waals surface area contributed by atoms with Gasteiger partial charge in [0.15, 0.2) is 0 Å². The Morgan fingerprint density at radius 1 is 1.02 bits per heavy atom. The number of rotatable bonds is 8. The van der Waals surface area contributed by atoms with Crippen molar-refractivity contribution in [2.75, 3.05) is 46.4 Å². The van der Waals surface area contributed by atoms with Gasteiger partial charge in [-0.2, -0.15) is 0 Å². The Hall–Kier alpha value is -0.690. The van der Waals surface area contributed by atoms with Crippen molar-refractivity contribution in [3.63, 3.8) is 0 Å². The smallest absolute Gasteiger partial charge is 0.221 e. The topological polar surface area (TPSA) is 65.0 Å². The quantitative estimate of drug-likeness (QED) is 0.420. The number of ether oxygens (including phenoxy) is 1. The van der Waals surface area contributed by atoms with E-state index in [0.29, 0.717) is 59.9 Å². The summed E-state index contributed by atoms with van der Waals surface area (Å²) in [5.74, 6) is 5.30. The van der Waals surface area contributed by atoms with E-state index in [-0.39, 0.29) is 5.91 Å². The van der Waals surface area contributed by atoms with Crippen molar-refractivity contribution in [3.8, 4) is 0 Å². The number of aliphatic hydroxyl groups excluding tert-OH is 1. The molecule has 41 heavy (non-hydrogen) atoms. The van der Waals surface area contributed by atoms with E-state index in [4.69, 9.17) is 4.74 Å². The van der Waals surface area contributed by atoms with Crippen molar-refractivity contribution in [2.45, 2.75) is 117 Å². The molecule has 6 heteroatoms. The van der Waals surface area contributed by atoms with Gasteiger partial charge < -0.3 is 25.0 Å².